The first kappa shape index (κ1) is 21.2. The van der Waals surface area contributed by atoms with E-state index in [1.54, 1.807) is 0 Å². The molecular formula is C17H22F3N5OS. The van der Waals surface area contributed by atoms with Crippen LogP contribution in [0, 0.1) is 0 Å². The summed E-state index contributed by atoms with van der Waals surface area (Å²) in [7, 11) is 3.88. The van der Waals surface area contributed by atoms with Crippen LogP contribution < -0.4 is 5.32 Å². The van der Waals surface area contributed by atoms with Crippen molar-refractivity contribution in [3.05, 3.63) is 36.2 Å². The second-order valence-corrected chi connectivity index (χ2v) is 7.02. The molecule has 27 heavy (non-hydrogen) atoms. The van der Waals surface area contributed by atoms with Gasteiger partial charge in [-0.05, 0) is 32.6 Å². The third-order valence-corrected chi connectivity index (χ3v) is 4.73. The van der Waals surface area contributed by atoms with Gasteiger partial charge in [0.1, 0.15) is 6.54 Å². The number of rotatable bonds is 8. The summed E-state index contributed by atoms with van der Waals surface area (Å²) in [4.78, 5) is 13.7. The number of carbonyl (C=O) groups is 1. The zero-order chi connectivity index (χ0) is 20.0. The topological polar surface area (TPSA) is 63.1 Å². The third kappa shape index (κ3) is 5.96. The molecule has 0 radical (unpaired) electrons. The van der Waals surface area contributed by atoms with Crippen molar-refractivity contribution in [2.75, 3.05) is 26.4 Å². The Labute approximate surface area is 160 Å². The van der Waals surface area contributed by atoms with Gasteiger partial charge < -0.3 is 5.32 Å². The third-order valence-electron chi connectivity index (χ3n) is 3.80. The molecule has 0 saturated carbocycles. The maximum Gasteiger partial charge on any atom is 0.405 e. The molecule has 1 aromatic carbocycles. The lowest BCUT2D eigenvalue weighted by molar-refractivity contribution is -0.136. The molecule has 1 aromatic heterocycles. The molecule has 0 aliphatic rings. The number of carbonyl (C=O) groups excluding carboxylic acids is 1. The number of aromatic nitrogens is 3. The molecule has 2 aromatic rings. The van der Waals surface area contributed by atoms with Crippen LogP contribution >= 0.6 is 11.8 Å². The van der Waals surface area contributed by atoms with E-state index < -0.39 is 18.6 Å². The van der Waals surface area contributed by atoms with Crippen LogP contribution in [0.4, 0.5) is 13.2 Å². The molecule has 148 valence electrons. The maximum absolute atomic E-state index is 12.2. The lowest BCUT2D eigenvalue weighted by atomic mass is 10.2. The fraction of sp³-hybridized carbons (Fsp3) is 0.471. The van der Waals surface area contributed by atoms with Gasteiger partial charge in [-0.15, -0.1) is 10.2 Å². The van der Waals surface area contributed by atoms with Crippen LogP contribution in [0.15, 0.2) is 35.5 Å². The normalized spacial score (nSPS) is 13.0. The molecule has 1 amide bonds. The fourth-order valence-corrected chi connectivity index (χ4v) is 3.36. The lowest BCUT2D eigenvalue weighted by Crippen LogP contribution is -2.34. The van der Waals surface area contributed by atoms with Gasteiger partial charge in [0, 0.05) is 5.69 Å². The number of alkyl halides is 3. The summed E-state index contributed by atoms with van der Waals surface area (Å²) >= 11 is 1.05. The Hall–Kier alpha value is -2.07. The zero-order valence-corrected chi connectivity index (χ0v) is 16.1. The average Bonchev–Trinajstić information content (AvgIpc) is 3.02. The van der Waals surface area contributed by atoms with Crippen LogP contribution in [-0.2, 0) is 4.79 Å². The van der Waals surface area contributed by atoms with E-state index in [1.807, 2.05) is 66.1 Å². The second kappa shape index (κ2) is 9.23. The quantitative estimate of drug-likeness (QED) is 0.689. The average molecular weight is 401 g/mol. The summed E-state index contributed by atoms with van der Waals surface area (Å²) in [5.74, 6) is -0.173. The molecule has 10 heteroatoms. The predicted octanol–water partition coefficient (Wildman–Crippen LogP) is 3.05. The first-order valence-electron chi connectivity index (χ1n) is 8.36. The summed E-state index contributed by atoms with van der Waals surface area (Å²) in [6.07, 6.45) is -3.63. The van der Waals surface area contributed by atoms with E-state index in [0.29, 0.717) is 11.0 Å². The number of amides is 1. The highest BCUT2D eigenvalue weighted by Gasteiger charge is 2.28. The van der Waals surface area contributed by atoms with E-state index in [4.69, 9.17) is 0 Å². The first-order chi connectivity index (χ1) is 12.7. The van der Waals surface area contributed by atoms with E-state index in [9.17, 15) is 18.0 Å². The standard InChI is InChI=1S/C17H22F3N5OS/c1-4-13(24(2)3)15-22-23-16(25(15)12-8-6-5-7-9-12)27-10-14(26)21-11-17(18,19)20/h5-9,13H,4,10-11H2,1-3H3,(H,21,26). The molecule has 0 aliphatic carbocycles. The molecule has 0 bridgehead atoms. The Kier molecular flexibility index (Phi) is 7.25. The molecular weight excluding hydrogens is 379 g/mol. The molecule has 1 unspecified atom stereocenters. The lowest BCUT2D eigenvalue weighted by Gasteiger charge is -2.23. The van der Waals surface area contributed by atoms with Crippen LogP contribution in [0.25, 0.3) is 5.69 Å². The van der Waals surface area contributed by atoms with Gasteiger partial charge in [0.05, 0.1) is 11.8 Å². The largest absolute Gasteiger partial charge is 0.405 e. The van der Waals surface area contributed by atoms with E-state index >= 15 is 0 Å². The Bertz CT molecular complexity index is 749. The number of nitrogens with zero attached hydrogens (tertiary/aromatic N) is 4. The molecule has 2 rings (SSSR count). The van der Waals surface area contributed by atoms with Crippen molar-refractivity contribution in [2.45, 2.75) is 30.7 Å². The van der Waals surface area contributed by atoms with Gasteiger partial charge in [0.25, 0.3) is 0 Å². The number of halogens is 3. The van der Waals surface area contributed by atoms with E-state index in [2.05, 4.69) is 10.2 Å². The second-order valence-electron chi connectivity index (χ2n) is 6.08. The highest BCUT2D eigenvalue weighted by Crippen LogP contribution is 2.28. The summed E-state index contributed by atoms with van der Waals surface area (Å²) in [6.45, 7) is 0.688. The number of para-hydroxylation sites is 1. The molecule has 1 N–H and O–H groups in total. The van der Waals surface area contributed by atoms with Gasteiger partial charge in [0.2, 0.25) is 5.91 Å². The minimum absolute atomic E-state index is 0.00566. The van der Waals surface area contributed by atoms with E-state index in [1.165, 1.54) is 0 Å². The highest BCUT2D eigenvalue weighted by atomic mass is 32.2. The van der Waals surface area contributed by atoms with Crippen molar-refractivity contribution in [3.8, 4) is 5.69 Å². The van der Waals surface area contributed by atoms with Gasteiger partial charge in [-0.25, -0.2) is 0 Å². The Morgan fingerprint density at radius 2 is 1.93 bits per heavy atom. The predicted molar refractivity (Wildman–Crippen MR) is 97.9 cm³/mol. The maximum atomic E-state index is 12.2. The summed E-state index contributed by atoms with van der Waals surface area (Å²) in [6, 6.07) is 9.42. The van der Waals surface area contributed by atoms with Crippen molar-refractivity contribution in [2.24, 2.45) is 0 Å². The SMILES string of the molecule is CCC(c1nnc(SCC(=O)NCC(F)(F)F)n1-c1ccccc1)N(C)C. The monoisotopic (exact) mass is 401 g/mol. The van der Waals surface area contributed by atoms with Crippen molar-refractivity contribution in [1.82, 2.24) is 25.0 Å². The minimum atomic E-state index is -4.43. The van der Waals surface area contributed by atoms with Crippen molar-refractivity contribution in [3.63, 3.8) is 0 Å². The minimum Gasteiger partial charge on any atom is -0.346 e. The summed E-state index contributed by atoms with van der Waals surface area (Å²) in [5.41, 5.74) is 0.830. The Balaban J connectivity index is 2.24. The van der Waals surface area contributed by atoms with Crippen molar-refractivity contribution < 1.29 is 18.0 Å². The van der Waals surface area contributed by atoms with Gasteiger partial charge in [-0.2, -0.15) is 13.2 Å². The van der Waals surface area contributed by atoms with Gasteiger partial charge >= 0.3 is 6.18 Å². The molecule has 1 heterocycles. The number of thioether (sulfide) groups is 1. The zero-order valence-electron chi connectivity index (χ0n) is 15.3. The van der Waals surface area contributed by atoms with Crippen LogP contribution in [-0.4, -0.2) is 58.1 Å². The van der Waals surface area contributed by atoms with Crippen LogP contribution in [0.2, 0.25) is 0 Å². The fourth-order valence-electron chi connectivity index (χ4n) is 2.57. The highest BCUT2D eigenvalue weighted by molar-refractivity contribution is 7.99. The van der Waals surface area contributed by atoms with Crippen LogP contribution in [0.1, 0.15) is 25.2 Å². The Morgan fingerprint density at radius 1 is 1.26 bits per heavy atom. The molecule has 0 spiro atoms. The first-order valence-corrected chi connectivity index (χ1v) is 9.35. The smallest absolute Gasteiger partial charge is 0.346 e. The summed E-state index contributed by atoms with van der Waals surface area (Å²) in [5, 5.41) is 10.8. The molecule has 6 nitrogen and oxygen atoms in total. The number of hydrogen-bond donors (Lipinski definition) is 1. The van der Waals surface area contributed by atoms with E-state index in [0.717, 1.165) is 23.9 Å². The van der Waals surface area contributed by atoms with E-state index in [-0.39, 0.29) is 11.8 Å². The van der Waals surface area contributed by atoms with Gasteiger partial charge in [0.15, 0.2) is 11.0 Å². The van der Waals surface area contributed by atoms with Gasteiger partial charge in [-0.1, -0.05) is 36.9 Å². The molecule has 0 aliphatic heterocycles. The number of hydrogen-bond acceptors (Lipinski definition) is 5. The summed E-state index contributed by atoms with van der Waals surface area (Å²) < 4.78 is 38.5. The van der Waals surface area contributed by atoms with Crippen LogP contribution in [0.5, 0.6) is 0 Å². The molecule has 0 saturated heterocycles. The Morgan fingerprint density at radius 3 is 2.48 bits per heavy atom. The van der Waals surface area contributed by atoms with Crippen molar-refractivity contribution >= 4 is 17.7 Å². The number of nitrogens with one attached hydrogen (secondary N) is 1. The van der Waals surface area contributed by atoms with Gasteiger partial charge in [-0.3, -0.25) is 14.3 Å². The van der Waals surface area contributed by atoms with Crippen LogP contribution in [0.3, 0.4) is 0 Å². The molecule has 0 fully saturated rings. The molecule has 1 atom stereocenters. The van der Waals surface area contributed by atoms with Crippen molar-refractivity contribution in [1.29, 1.82) is 0 Å². The number of benzene rings is 1.